The van der Waals surface area contributed by atoms with Gasteiger partial charge in [-0.3, -0.25) is 4.79 Å². The third-order valence-corrected chi connectivity index (χ3v) is 4.27. The number of nitrogens with one attached hydrogen (secondary N) is 2. The van der Waals surface area contributed by atoms with Crippen molar-refractivity contribution in [1.29, 1.82) is 0 Å². The highest BCUT2D eigenvalue weighted by Crippen LogP contribution is 2.17. The van der Waals surface area contributed by atoms with Gasteiger partial charge in [-0.05, 0) is 56.1 Å². The van der Waals surface area contributed by atoms with E-state index in [1.165, 1.54) is 26.4 Å². The van der Waals surface area contributed by atoms with Gasteiger partial charge in [0, 0.05) is 23.9 Å². The zero-order valence-electron chi connectivity index (χ0n) is 16.1. The number of aromatic nitrogens is 2. The molecule has 146 valence electrons. The number of carbonyl (C=O) groups excluding carboxylic acids is 1. The monoisotopic (exact) mass is 371 g/mol. The molecule has 27 heavy (non-hydrogen) atoms. The summed E-state index contributed by atoms with van der Waals surface area (Å²) in [4.78, 5) is 12.4. The van der Waals surface area contributed by atoms with Crippen molar-refractivity contribution in [3.63, 3.8) is 0 Å². The summed E-state index contributed by atoms with van der Waals surface area (Å²) in [5, 5.41) is 13.9. The number of hydrogen-bond donors (Lipinski definition) is 3. The third kappa shape index (κ3) is 6.86. The lowest BCUT2D eigenvalue weighted by Gasteiger charge is -2.11. The molecule has 0 aliphatic carbocycles. The molecular weight excluding hydrogens is 342 g/mol. The van der Waals surface area contributed by atoms with Crippen molar-refractivity contribution in [3.05, 3.63) is 41.5 Å². The van der Waals surface area contributed by atoms with Crippen molar-refractivity contribution >= 4 is 17.4 Å². The maximum absolute atomic E-state index is 12.4. The number of amides is 1. The number of ether oxygens (including phenoxy) is 1. The standard InChI is InChI=1S/C20H29N5O2/c1-15-14-16(22-13-7-5-3-4-6-12-21)8-9-17(15)20(26)23-18-10-11-19(27-2)25-24-18/h8-11,14,22H,3-7,12-13,21H2,1-2H3,(H,23,24,26). The Kier molecular flexibility index (Phi) is 8.51. The molecule has 0 aliphatic heterocycles. The Morgan fingerprint density at radius 3 is 2.52 bits per heavy atom. The molecule has 0 saturated carbocycles. The highest BCUT2D eigenvalue weighted by molar-refractivity contribution is 6.05. The zero-order valence-corrected chi connectivity index (χ0v) is 16.1. The number of nitrogens with two attached hydrogens (primary N) is 1. The third-order valence-electron chi connectivity index (χ3n) is 4.27. The van der Waals surface area contributed by atoms with Crippen molar-refractivity contribution in [2.75, 3.05) is 30.8 Å². The van der Waals surface area contributed by atoms with Gasteiger partial charge in [-0.15, -0.1) is 10.2 Å². The maximum Gasteiger partial charge on any atom is 0.257 e. The number of rotatable bonds is 11. The first-order valence-electron chi connectivity index (χ1n) is 9.37. The summed E-state index contributed by atoms with van der Waals surface area (Å²) in [5.41, 5.74) is 8.03. The molecule has 7 nitrogen and oxygen atoms in total. The first kappa shape index (κ1) is 20.6. The number of methoxy groups -OCH3 is 1. The zero-order chi connectivity index (χ0) is 19.5. The minimum absolute atomic E-state index is 0.210. The van der Waals surface area contributed by atoms with E-state index in [0.717, 1.165) is 37.2 Å². The molecule has 1 heterocycles. The molecule has 0 spiro atoms. The van der Waals surface area contributed by atoms with E-state index in [1.54, 1.807) is 12.1 Å². The normalized spacial score (nSPS) is 10.5. The molecule has 0 unspecified atom stereocenters. The number of anilines is 2. The van der Waals surface area contributed by atoms with Crippen LogP contribution in [-0.2, 0) is 0 Å². The molecule has 1 amide bonds. The van der Waals surface area contributed by atoms with E-state index >= 15 is 0 Å². The molecule has 0 radical (unpaired) electrons. The molecule has 0 fully saturated rings. The second kappa shape index (κ2) is 11.1. The topological polar surface area (TPSA) is 102 Å². The lowest BCUT2D eigenvalue weighted by atomic mass is 10.1. The van der Waals surface area contributed by atoms with Crippen molar-refractivity contribution in [2.45, 2.75) is 39.0 Å². The van der Waals surface area contributed by atoms with Crippen molar-refractivity contribution in [3.8, 4) is 5.88 Å². The fourth-order valence-corrected chi connectivity index (χ4v) is 2.74. The molecule has 2 aromatic rings. The molecule has 7 heteroatoms. The van der Waals surface area contributed by atoms with Gasteiger partial charge in [0.2, 0.25) is 5.88 Å². The summed E-state index contributed by atoms with van der Waals surface area (Å²) in [5.74, 6) is 0.578. The largest absolute Gasteiger partial charge is 0.480 e. The highest BCUT2D eigenvalue weighted by Gasteiger charge is 2.11. The smallest absolute Gasteiger partial charge is 0.257 e. The van der Waals surface area contributed by atoms with Crippen LogP contribution in [0.2, 0.25) is 0 Å². The van der Waals surface area contributed by atoms with Gasteiger partial charge in [-0.25, -0.2) is 0 Å². The lowest BCUT2D eigenvalue weighted by Crippen LogP contribution is -2.15. The predicted octanol–water partition coefficient (Wildman–Crippen LogP) is 3.37. The number of carbonyl (C=O) groups is 1. The SMILES string of the molecule is COc1ccc(NC(=O)c2ccc(NCCCCCCCN)cc2C)nn1. The number of unbranched alkanes of at least 4 members (excludes halogenated alkanes) is 4. The van der Waals surface area contributed by atoms with Gasteiger partial charge in [0.1, 0.15) is 0 Å². The van der Waals surface area contributed by atoms with Crippen LogP contribution < -0.4 is 21.1 Å². The van der Waals surface area contributed by atoms with E-state index in [0.29, 0.717) is 17.3 Å². The van der Waals surface area contributed by atoms with Crippen molar-refractivity contribution < 1.29 is 9.53 Å². The summed E-state index contributed by atoms with van der Waals surface area (Å²) in [7, 11) is 1.52. The van der Waals surface area contributed by atoms with Gasteiger partial charge in [0.05, 0.1) is 7.11 Å². The number of hydrogen-bond acceptors (Lipinski definition) is 6. The Balaban J connectivity index is 1.83. The van der Waals surface area contributed by atoms with Gasteiger partial charge >= 0.3 is 0 Å². The lowest BCUT2D eigenvalue weighted by molar-refractivity contribution is 0.102. The molecule has 0 saturated heterocycles. The van der Waals surface area contributed by atoms with Crippen molar-refractivity contribution in [2.24, 2.45) is 5.73 Å². The Bertz CT molecular complexity index is 719. The molecular formula is C20H29N5O2. The van der Waals surface area contributed by atoms with E-state index in [1.807, 2.05) is 25.1 Å². The van der Waals surface area contributed by atoms with Crippen LogP contribution in [0.1, 0.15) is 48.0 Å². The summed E-state index contributed by atoms with van der Waals surface area (Å²) in [6, 6.07) is 9.05. The minimum Gasteiger partial charge on any atom is -0.480 e. The number of aryl methyl sites for hydroxylation is 1. The Labute approximate surface area is 160 Å². The molecule has 0 aliphatic rings. The quantitative estimate of drug-likeness (QED) is 0.524. The fourth-order valence-electron chi connectivity index (χ4n) is 2.74. The molecule has 1 aromatic carbocycles. The summed E-state index contributed by atoms with van der Waals surface area (Å²) in [6.07, 6.45) is 5.87. The van der Waals surface area contributed by atoms with Crippen LogP contribution in [-0.4, -0.2) is 36.3 Å². The van der Waals surface area contributed by atoms with Crippen LogP contribution in [0.25, 0.3) is 0 Å². The molecule has 4 N–H and O–H groups in total. The fraction of sp³-hybridized carbons (Fsp3) is 0.450. The van der Waals surface area contributed by atoms with Gasteiger partial charge < -0.3 is 21.1 Å². The second-order valence-electron chi connectivity index (χ2n) is 6.43. The average Bonchev–Trinajstić information content (AvgIpc) is 2.68. The summed E-state index contributed by atoms with van der Waals surface area (Å²) >= 11 is 0. The van der Waals surface area contributed by atoms with Crippen LogP contribution in [0, 0.1) is 6.92 Å². The average molecular weight is 371 g/mol. The van der Waals surface area contributed by atoms with E-state index in [9.17, 15) is 4.79 Å². The van der Waals surface area contributed by atoms with Crippen molar-refractivity contribution in [1.82, 2.24) is 10.2 Å². The Morgan fingerprint density at radius 2 is 1.85 bits per heavy atom. The predicted molar refractivity (Wildman–Crippen MR) is 108 cm³/mol. The van der Waals surface area contributed by atoms with Gasteiger partial charge in [-0.1, -0.05) is 19.3 Å². The number of nitrogens with zero attached hydrogens (tertiary/aromatic N) is 2. The van der Waals surface area contributed by atoms with Gasteiger partial charge in [-0.2, -0.15) is 0 Å². The Morgan fingerprint density at radius 1 is 1.07 bits per heavy atom. The Hall–Kier alpha value is -2.67. The first-order valence-corrected chi connectivity index (χ1v) is 9.37. The first-order chi connectivity index (χ1) is 13.1. The summed E-state index contributed by atoms with van der Waals surface area (Å²) in [6.45, 7) is 3.63. The molecule has 0 atom stereocenters. The molecule has 1 aromatic heterocycles. The maximum atomic E-state index is 12.4. The summed E-state index contributed by atoms with van der Waals surface area (Å²) < 4.78 is 4.96. The molecule has 0 bridgehead atoms. The minimum atomic E-state index is -0.210. The van der Waals surface area contributed by atoms with E-state index in [-0.39, 0.29) is 5.91 Å². The van der Waals surface area contributed by atoms with Crippen LogP contribution in [0.15, 0.2) is 30.3 Å². The van der Waals surface area contributed by atoms with Crippen LogP contribution in [0.3, 0.4) is 0 Å². The van der Waals surface area contributed by atoms with Crippen LogP contribution in [0.4, 0.5) is 11.5 Å². The number of benzene rings is 1. The highest BCUT2D eigenvalue weighted by atomic mass is 16.5. The van der Waals surface area contributed by atoms with Crippen LogP contribution >= 0.6 is 0 Å². The van der Waals surface area contributed by atoms with Gasteiger partial charge in [0.25, 0.3) is 5.91 Å². The van der Waals surface area contributed by atoms with Crippen LogP contribution in [0.5, 0.6) is 5.88 Å². The van der Waals surface area contributed by atoms with Gasteiger partial charge in [0.15, 0.2) is 5.82 Å². The van der Waals surface area contributed by atoms with E-state index in [2.05, 4.69) is 20.8 Å². The second-order valence-corrected chi connectivity index (χ2v) is 6.43. The van der Waals surface area contributed by atoms with E-state index in [4.69, 9.17) is 10.5 Å². The molecule has 2 rings (SSSR count). The van der Waals surface area contributed by atoms with E-state index < -0.39 is 0 Å².